The third-order valence-corrected chi connectivity index (χ3v) is 6.34. The third-order valence-electron chi connectivity index (χ3n) is 5.50. The largest absolute Gasteiger partial charge is 0.347 e. The van der Waals surface area contributed by atoms with Gasteiger partial charge < -0.3 is 15.1 Å². The minimum atomic E-state index is -0.121. The maximum absolute atomic E-state index is 12.8. The van der Waals surface area contributed by atoms with Crippen molar-refractivity contribution in [2.45, 2.75) is 18.9 Å². The monoisotopic (exact) mass is 420 g/mol. The molecule has 0 spiro atoms. The van der Waals surface area contributed by atoms with Gasteiger partial charge in [-0.1, -0.05) is 60.7 Å². The van der Waals surface area contributed by atoms with E-state index in [1.165, 1.54) is 0 Å². The van der Waals surface area contributed by atoms with Gasteiger partial charge in [-0.05, 0) is 24.1 Å². The van der Waals surface area contributed by atoms with Crippen LogP contribution >= 0.6 is 11.3 Å². The number of amides is 1. The van der Waals surface area contributed by atoms with E-state index in [4.69, 9.17) is 0 Å². The molecular weight excluding hydrogens is 392 g/mol. The van der Waals surface area contributed by atoms with E-state index >= 15 is 0 Å². The summed E-state index contributed by atoms with van der Waals surface area (Å²) in [7, 11) is 0. The molecule has 4 rings (SSSR count). The minimum absolute atomic E-state index is 0.0914. The first-order valence-electron chi connectivity index (χ1n) is 10.6. The summed E-state index contributed by atoms with van der Waals surface area (Å²) in [4.78, 5) is 22.0. The molecule has 1 fully saturated rings. The number of carbonyl (C=O) groups is 1. The molecule has 1 aliphatic heterocycles. The Kier molecular flexibility index (Phi) is 7.11. The van der Waals surface area contributed by atoms with Gasteiger partial charge in [0.15, 0.2) is 5.13 Å². The molecule has 1 saturated heterocycles. The number of benzene rings is 2. The van der Waals surface area contributed by atoms with Crippen LogP contribution < -0.4 is 10.2 Å². The van der Waals surface area contributed by atoms with Gasteiger partial charge in [0.05, 0.1) is 6.04 Å². The number of hydrogen-bond acceptors (Lipinski definition) is 5. The van der Waals surface area contributed by atoms with Gasteiger partial charge in [-0.3, -0.25) is 4.79 Å². The Morgan fingerprint density at radius 3 is 2.30 bits per heavy atom. The molecule has 30 heavy (non-hydrogen) atoms. The first-order chi connectivity index (χ1) is 14.8. The quantitative estimate of drug-likeness (QED) is 0.629. The van der Waals surface area contributed by atoms with Crippen molar-refractivity contribution in [1.82, 2.24) is 15.2 Å². The Labute approximate surface area is 182 Å². The molecule has 0 unspecified atom stereocenters. The van der Waals surface area contributed by atoms with Crippen molar-refractivity contribution in [3.8, 4) is 0 Å². The van der Waals surface area contributed by atoms with Gasteiger partial charge in [-0.15, -0.1) is 11.3 Å². The van der Waals surface area contributed by atoms with Crippen molar-refractivity contribution in [2.24, 2.45) is 0 Å². The SMILES string of the molecule is O=C(CCN1CCCN(c2nccs2)CC1)NC(c1ccccc1)c1ccccc1. The van der Waals surface area contributed by atoms with Gasteiger partial charge in [-0.2, -0.15) is 0 Å². The zero-order valence-electron chi connectivity index (χ0n) is 17.1. The lowest BCUT2D eigenvalue weighted by molar-refractivity contribution is -0.121. The van der Waals surface area contributed by atoms with E-state index in [2.05, 4.69) is 44.4 Å². The highest BCUT2D eigenvalue weighted by molar-refractivity contribution is 7.13. The summed E-state index contributed by atoms with van der Waals surface area (Å²) in [6.45, 7) is 4.77. The molecule has 6 heteroatoms. The van der Waals surface area contributed by atoms with Crippen LogP contribution in [0.25, 0.3) is 0 Å². The molecule has 3 aromatic rings. The van der Waals surface area contributed by atoms with Crippen molar-refractivity contribution in [2.75, 3.05) is 37.6 Å². The molecule has 0 atom stereocenters. The van der Waals surface area contributed by atoms with Crippen LogP contribution in [0.4, 0.5) is 5.13 Å². The second-order valence-electron chi connectivity index (χ2n) is 7.57. The molecule has 5 nitrogen and oxygen atoms in total. The zero-order chi connectivity index (χ0) is 20.6. The Balaban J connectivity index is 1.33. The highest BCUT2D eigenvalue weighted by Gasteiger charge is 2.19. The Hall–Kier alpha value is -2.70. The molecule has 1 amide bonds. The fourth-order valence-electron chi connectivity index (χ4n) is 3.90. The molecule has 156 valence electrons. The van der Waals surface area contributed by atoms with Gasteiger partial charge in [-0.25, -0.2) is 4.98 Å². The van der Waals surface area contributed by atoms with E-state index in [9.17, 15) is 4.79 Å². The van der Waals surface area contributed by atoms with Crippen molar-refractivity contribution in [3.05, 3.63) is 83.4 Å². The number of carbonyl (C=O) groups excluding carboxylic acids is 1. The summed E-state index contributed by atoms with van der Waals surface area (Å²) in [6, 6.07) is 20.2. The summed E-state index contributed by atoms with van der Waals surface area (Å²) in [6.07, 6.45) is 3.47. The first-order valence-corrected chi connectivity index (χ1v) is 11.4. The minimum Gasteiger partial charge on any atom is -0.347 e. The lowest BCUT2D eigenvalue weighted by Gasteiger charge is -2.23. The lowest BCUT2D eigenvalue weighted by atomic mass is 9.98. The number of rotatable bonds is 7. The number of thiazole rings is 1. The number of nitrogens with zero attached hydrogens (tertiary/aromatic N) is 3. The van der Waals surface area contributed by atoms with Gasteiger partial charge >= 0.3 is 0 Å². The van der Waals surface area contributed by atoms with E-state index in [0.717, 1.165) is 55.4 Å². The Morgan fingerprint density at radius 2 is 1.67 bits per heavy atom. The fraction of sp³-hybridized carbons (Fsp3) is 0.333. The molecule has 2 aromatic carbocycles. The van der Waals surface area contributed by atoms with E-state index < -0.39 is 0 Å². The van der Waals surface area contributed by atoms with Crippen LogP contribution in [0.15, 0.2) is 72.2 Å². The number of hydrogen-bond donors (Lipinski definition) is 1. The van der Waals surface area contributed by atoms with Gasteiger partial charge in [0.25, 0.3) is 0 Å². The van der Waals surface area contributed by atoms with Crippen LogP contribution in [-0.2, 0) is 4.79 Å². The summed E-state index contributed by atoms with van der Waals surface area (Å²) in [5.41, 5.74) is 2.21. The van der Waals surface area contributed by atoms with Crippen molar-refractivity contribution >= 4 is 22.4 Å². The van der Waals surface area contributed by atoms with Gasteiger partial charge in [0.2, 0.25) is 5.91 Å². The van der Waals surface area contributed by atoms with Crippen molar-refractivity contribution < 1.29 is 4.79 Å². The zero-order valence-corrected chi connectivity index (χ0v) is 17.9. The lowest BCUT2D eigenvalue weighted by Crippen LogP contribution is -2.35. The molecule has 0 aliphatic carbocycles. The van der Waals surface area contributed by atoms with Gasteiger partial charge in [0.1, 0.15) is 0 Å². The summed E-state index contributed by atoms with van der Waals surface area (Å²) >= 11 is 1.69. The number of aromatic nitrogens is 1. The second-order valence-corrected chi connectivity index (χ2v) is 8.44. The molecule has 0 bridgehead atoms. The molecule has 2 heterocycles. The third kappa shape index (κ3) is 5.46. The number of nitrogens with one attached hydrogen (secondary N) is 1. The predicted molar refractivity (Wildman–Crippen MR) is 123 cm³/mol. The van der Waals surface area contributed by atoms with E-state index in [-0.39, 0.29) is 11.9 Å². The van der Waals surface area contributed by atoms with Crippen molar-refractivity contribution in [1.29, 1.82) is 0 Å². The highest BCUT2D eigenvalue weighted by Crippen LogP contribution is 2.22. The molecule has 1 N–H and O–H groups in total. The first kappa shape index (κ1) is 20.6. The molecule has 0 saturated carbocycles. The predicted octanol–water partition coefficient (Wildman–Crippen LogP) is 3.95. The van der Waals surface area contributed by atoms with Crippen LogP contribution in [0.5, 0.6) is 0 Å². The fourth-order valence-corrected chi connectivity index (χ4v) is 4.60. The summed E-state index contributed by atoms with van der Waals surface area (Å²) in [5.74, 6) is 0.0914. The normalized spacial score (nSPS) is 15.2. The topological polar surface area (TPSA) is 48.5 Å². The number of anilines is 1. The molecular formula is C24H28N4OS. The van der Waals surface area contributed by atoms with Gasteiger partial charge in [0, 0.05) is 44.2 Å². The maximum Gasteiger partial charge on any atom is 0.222 e. The molecule has 1 aliphatic rings. The second kappa shape index (κ2) is 10.4. The Morgan fingerprint density at radius 1 is 0.967 bits per heavy atom. The summed E-state index contributed by atoms with van der Waals surface area (Å²) < 4.78 is 0. The van der Waals surface area contributed by atoms with E-state index in [0.29, 0.717) is 6.42 Å². The smallest absolute Gasteiger partial charge is 0.222 e. The van der Waals surface area contributed by atoms with Crippen LogP contribution in [-0.4, -0.2) is 48.5 Å². The standard InChI is InChI=1S/C24H28N4OS/c29-22(12-16-27-14-7-15-28(18-17-27)24-25-13-19-30-24)26-23(20-8-3-1-4-9-20)21-10-5-2-6-11-21/h1-6,8-11,13,19,23H,7,12,14-18H2,(H,26,29). The molecule has 0 radical (unpaired) electrons. The van der Waals surface area contributed by atoms with Crippen LogP contribution in [0.2, 0.25) is 0 Å². The van der Waals surface area contributed by atoms with Crippen LogP contribution in [0, 0.1) is 0 Å². The molecule has 1 aromatic heterocycles. The average Bonchev–Trinajstić information content (AvgIpc) is 3.23. The summed E-state index contributed by atoms with van der Waals surface area (Å²) in [5, 5.41) is 6.38. The van der Waals surface area contributed by atoms with Crippen LogP contribution in [0.3, 0.4) is 0 Å². The van der Waals surface area contributed by atoms with Crippen molar-refractivity contribution in [3.63, 3.8) is 0 Å². The maximum atomic E-state index is 12.8. The van der Waals surface area contributed by atoms with E-state index in [1.807, 2.05) is 48.0 Å². The average molecular weight is 421 g/mol. The Bertz CT molecular complexity index is 862. The highest BCUT2D eigenvalue weighted by atomic mass is 32.1. The van der Waals surface area contributed by atoms with Crippen LogP contribution in [0.1, 0.15) is 30.0 Å². The van der Waals surface area contributed by atoms with E-state index in [1.54, 1.807) is 11.3 Å².